The van der Waals surface area contributed by atoms with Crippen molar-refractivity contribution in [1.29, 1.82) is 0 Å². The number of nitrogens with zero attached hydrogens (tertiary/aromatic N) is 2. The molecule has 1 heterocycles. The van der Waals surface area contributed by atoms with E-state index in [1.54, 1.807) is 20.8 Å². The first-order valence-corrected chi connectivity index (χ1v) is 5.38. The average Bonchev–Trinajstić information content (AvgIpc) is 2.12. The van der Waals surface area contributed by atoms with Crippen LogP contribution < -0.4 is 5.32 Å². The van der Waals surface area contributed by atoms with Crippen molar-refractivity contribution in [2.24, 2.45) is 0 Å². The third kappa shape index (κ3) is 4.79. The van der Waals surface area contributed by atoms with E-state index in [1.807, 2.05) is 0 Å². The molecular weight excluding hydrogens is 268 g/mol. The van der Waals surface area contributed by atoms with E-state index in [0.29, 0.717) is 0 Å². The molecule has 0 aliphatic heterocycles. The van der Waals surface area contributed by atoms with Gasteiger partial charge in [0, 0.05) is 6.07 Å². The number of nitrogens with one attached hydrogen (secondary N) is 1. The van der Waals surface area contributed by atoms with Gasteiger partial charge in [-0.05, 0) is 32.4 Å². The van der Waals surface area contributed by atoms with Crippen molar-refractivity contribution < 1.29 is 18.3 Å². The van der Waals surface area contributed by atoms with E-state index in [2.05, 4.69) is 15.3 Å². The minimum atomic E-state index is -2.80. The van der Waals surface area contributed by atoms with Gasteiger partial charge < -0.3 is 4.74 Å². The Balaban J connectivity index is 2.82. The molecule has 0 radical (unpaired) electrons. The molecule has 0 aromatic carbocycles. The summed E-state index contributed by atoms with van der Waals surface area (Å²) in [7, 11) is 0. The molecule has 1 rings (SSSR count). The van der Waals surface area contributed by atoms with Crippen molar-refractivity contribution in [3.8, 4) is 0 Å². The Bertz CT molecular complexity index is 449. The maximum Gasteiger partial charge on any atom is 0.413 e. The highest BCUT2D eigenvalue weighted by Crippen LogP contribution is 2.21. The van der Waals surface area contributed by atoms with E-state index in [-0.39, 0.29) is 11.1 Å². The lowest BCUT2D eigenvalue weighted by Gasteiger charge is -2.19. The smallest absolute Gasteiger partial charge is 0.413 e. The summed E-state index contributed by atoms with van der Waals surface area (Å²) in [6.07, 6.45) is -3.61. The Morgan fingerprint density at radius 2 is 2.06 bits per heavy atom. The van der Waals surface area contributed by atoms with Crippen LogP contribution in [-0.4, -0.2) is 21.7 Å². The molecule has 0 atom stereocenters. The van der Waals surface area contributed by atoms with Crippen molar-refractivity contribution in [2.75, 3.05) is 5.32 Å². The number of hydrogen-bond donors (Lipinski definition) is 1. The van der Waals surface area contributed by atoms with Crippen LogP contribution in [0.1, 0.15) is 32.9 Å². The number of alkyl halides is 2. The van der Waals surface area contributed by atoms with Crippen molar-refractivity contribution in [3.63, 3.8) is 0 Å². The Labute approximate surface area is 108 Å². The third-order valence-corrected chi connectivity index (χ3v) is 1.74. The van der Waals surface area contributed by atoms with Gasteiger partial charge in [-0.1, -0.05) is 0 Å². The van der Waals surface area contributed by atoms with Gasteiger partial charge in [0.25, 0.3) is 6.43 Å². The van der Waals surface area contributed by atoms with Gasteiger partial charge in [0.2, 0.25) is 5.28 Å². The first kappa shape index (κ1) is 14.6. The SMILES string of the molecule is CC(C)(C)OC(=O)Nc1cc(C(F)F)nc(Cl)n1. The zero-order valence-electron chi connectivity index (χ0n) is 10.00. The molecule has 1 aromatic rings. The molecule has 5 nitrogen and oxygen atoms in total. The molecule has 0 fully saturated rings. The van der Waals surface area contributed by atoms with Crippen LogP contribution in [0.5, 0.6) is 0 Å². The second-order valence-corrected chi connectivity index (χ2v) is 4.71. The number of hydrogen-bond acceptors (Lipinski definition) is 4. The summed E-state index contributed by atoms with van der Waals surface area (Å²) in [5.41, 5.74) is -1.27. The molecule has 100 valence electrons. The number of aromatic nitrogens is 2. The number of rotatable bonds is 2. The largest absolute Gasteiger partial charge is 0.444 e. The van der Waals surface area contributed by atoms with Gasteiger partial charge in [-0.2, -0.15) is 0 Å². The zero-order valence-corrected chi connectivity index (χ0v) is 10.8. The summed E-state index contributed by atoms with van der Waals surface area (Å²) in [5.74, 6) is -0.139. The van der Waals surface area contributed by atoms with Gasteiger partial charge in [0.05, 0.1) is 0 Å². The van der Waals surface area contributed by atoms with Gasteiger partial charge in [0.15, 0.2) is 0 Å². The van der Waals surface area contributed by atoms with Crippen LogP contribution in [0.4, 0.5) is 19.4 Å². The summed E-state index contributed by atoms with van der Waals surface area (Å²) in [4.78, 5) is 18.3. The number of carbonyl (C=O) groups excluding carboxylic acids is 1. The number of amides is 1. The molecule has 1 amide bonds. The van der Waals surface area contributed by atoms with Crippen molar-refractivity contribution in [1.82, 2.24) is 9.97 Å². The van der Waals surface area contributed by atoms with E-state index in [1.165, 1.54) is 0 Å². The minimum Gasteiger partial charge on any atom is -0.444 e. The predicted molar refractivity (Wildman–Crippen MR) is 61.9 cm³/mol. The minimum absolute atomic E-state index is 0.139. The maximum atomic E-state index is 12.4. The highest BCUT2D eigenvalue weighted by atomic mass is 35.5. The molecular formula is C10H12ClF2N3O2. The van der Waals surface area contributed by atoms with Gasteiger partial charge in [0.1, 0.15) is 17.1 Å². The fourth-order valence-electron chi connectivity index (χ4n) is 1.02. The lowest BCUT2D eigenvalue weighted by molar-refractivity contribution is 0.0635. The Kier molecular flexibility index (Phi) is 4.39. The molecule has 0 aliphatic carbocycles. The molecule has 18 heavy (non-hydrogen) atoms. The highest BCUT2D eigenvalue weighted by Gasteiger charge is 2.18. The zero-order chi connectivity index (χ0) is 13.9. The van der Waals surface area contributed by atoms with Crippen LogP contribution in [0.3, 0.4) is 0 Å². The van der Waals surface area contributed by atoms with Crippen LogP contribution in [-0.2, 0) is 4.74 Å². The van der Waals surface area contributed by atoms with Crippen LogP contribution in [0.2, 0.25) is 5.28 Å². The lowest BCUT2D eigenvalue weighted by Crippen LogP contribution is -2.27. The predicted octanol–water partition coefficient (Wildman–Crippen LogP) is 3.41. The summed E-state index contributed by atoms with van der Waals surface area (Å²) >= 11 is 5.46. The fourth-order valence-corrected chi connectivity index (χ4v) is 1.21. The third-order valence-electron chi connectivity index (χ3n) is 1.57. The van der Waals surface area contributed by atoms with Gasteiger partial charge >= 0.3 is 6.09 Å². The van der Waals surface area contributed by atoms with E-state index in [9.17, 15) is 13.6 Å². The van der Waals surface area contributed by atoms with E-state index >= 15 is 0 Å². The maximum absolute atomic E-state index is 12.4. The molecule has 0 saturated carbocycles. The van der Waals surface area contributed by atoms with Gasteiger partial charge in [-0.3, -0.25) is 5.32 Å². The second-order valence-electron chi connectivity index (χ2n) is 4.37. The van der Waals surface area contributed by atoms with Gasteiger partial charge in [-0.25, -0.2) is 23.5 Å². The van der Waals surface area contributed by atoms with E-state index in [4.69, 9.17) is 16.3 Å². The summed E-state index contributed by atoms with van der Waals surface area (Å²) in [6.45, 7) is 5.01. The molecule has 8 heteroatoms. The van der Waals surface area contributed by atoms with E-state index in [0.717, 1.165) is 6.07 Å². The van der Waals surface area contributed by atoms with E-state index < -0.39 is 23.8 Å². The van der Waals surface area contributed by atoms with Crippen LogP contribution in [0.15, 0.2) is 6.07 Å². The Hall–Kier alpha value is -1.50. The number of halogens is 3. The molecule has 0 saturated heterocycles. The normalized spacial score (nSPS) is 11.5. The molecule has 0 bridgehead atoms. The van der Waals surface area contributed by atoms with Crippen LogP contribution in [0, 0.1) is 0 Å². The number of carbonyl (C=O) groups is 1. The lowest BCUT2D eigenvalue weighted by atomic mass is 10.2. The van der Waals surface area contributed by atoms with Crippen molar-refractivity contribution in [3.05, 3.63) is 17.0 Å². The average molecular weight is 280 g/mol. The summed E-state index contributed by atoms with van der Waals surface area (Å²) < 4.78 is 29.8. The fraction of sp³-hybridized carbons (Fsp3) is 0.500. The standard InChI is InChI=1S/C10H12ClF2N3O2/c1-10(2,3)18-9(17)16-6-4-5(7(12)13)14-8(11)15-6/h4,7H,1-3H3,(H,14,15,16,17). The topological polar surface area (TPSA) is 64.1 Å². The van der Waals surface area contributed by atoms with Crippen molar-refractivity contribution >= 4 is 23.5 Å². The molecule has 1 N–H and O–H groups in total. The van der Waals surface area contributed by atoms with Crippen LogP contribution in [0.25, 0.3) is 0 Å². The molecule has 0 unspecified atom stereocenters. The molecule has 0 spiro atoms. The summed E-state index contributed by atoms with van der Waals surface area (Å²) in [5, 5.41) is 1.83. The summed E-state index contributed by atoms with van der Waals surface area (Å²) in [6, 6.07) is 0.931. The molecule has 0 aliphatic rings. The van der Waals surface area contributed by atoms with Crippen molar-refractivity contribution in [2.45, 2.75) is 32.8 Å². The number of anilines is 1. The number of ether oxygens (including phenoxy) is 1. The highest BCUT2D eigenvalue weighted by molar-refractivity contribution is 6.28. The quantitative estimate of drug-likeness (QED) is 0.843. The Morgan fingerprint density at radius 1 is 1.44 bits per heavy atom. The monoisotopic (exact) mass is 279 g/mol. The first-order valence-electron chi connectivity index (χ1n) is 5.00. The molecule has 1 aromatic heterocycles. The van der Waals surface area contributed by atoms with Crippen LogP contribution >= 0.6 is 11.6 Å². The van der Waals surface area contributed by atoms with Gasteiger partial charge in [-0.15, -0.1) is 0 Å². The second kappa shape index (κ2) is 5.43. The Morgan fingerprint density at radius 3 is 2.56 bits per heavy atom. The first-order chi connectivity index (χ1) is 8.17.